The molecule has 5 N–H and O–H groups in total. The predicted octanol–water partition coefficient (Wildman–Crippen LogP) is -0.350. The molecular weight excluding hydrogens is 190 g/mol. The summed E-state index contributed by atoms with van der Waals surface area (Å²) in [7, 11) is 0. The summed E-state index contributed by atoms with van der Waals surface area (Å²) in [5.41, 5.74) is 4.91. The van der Waals surface area contributed by atoms with Crippen molar-refractivity contribution in [2.75, 3.05) is 0 Å². The Morgan fingerprint density at radius 3 is 1.79 bits per heavy atom. The Morgan fingerprint density at radius 2 is 1.79 bits per heavy atom. The summed E-state index contributed by atoms with van der Waals surface area (Å²) in [6, 6.07) is -1.16. The maximum absolute atomic E-state index is 9.86. The van der Waals surface area contributed by atoms with E-state index in [-0.39, 0.29) is 0 Å². The summed E-state index contributed by atoms with van der Waals surface area (Å²) >= 11 is 0. The highest BCUT2D eigenvalue weighted by Gasteiger charge is 2.16. The highest BCUT2D eigenvalue weighted by atomic mass is 16.4. The van der Waals surface area contributed by atoms with Gasteiger partial charge in [0.1, 0.15) is 6.04 Å². The molecule has 0 radical (unpaired) electrons. The number of nitrogens with two attached hydrogens (primary N) is 1. The third kappa shape index (κ3) is 10.9. The number of aliphatic hydroxyl groups is 1. The largest absolute Gasteiger partial charge is 0.481 e. The van der Waals surface area contributed by atoms with Crippen molar-refractivity contribution in [1.82, 2.24) is 0 Å². The van der Waals surface area contributed by atoms with Gasteiger partial charge in [-0.3, -0.25) is 9.59 Å². The van der Waals surface area contributed by atoms with Crippen molar-refractivity contribution in [1.29, 1.82) is 0 Å². The fourth-order valence-electron chi connectivity index (χ4n) is 0.420. The molecular formula is C8H17NO5. The predicted molar refractivity (Wildman–Crippen MR) is 49.8 cm³/mol. The van der Waals surface area contributed by atoms with E-state index in [9.17, 15) is 9.59 Å². The molecule has 0 spiro atoms. The minimum atomic E-state index is -1.18. The first kappa shape index (κ1) is 15.3. The Hall–Kier alpha value is -1.14. The van der Waals surface area contributed by atoms with Gasteiger partial charge < -0.3 is 21.1 Å². The van der Waals surface area contributed by atoms with Gasteiger partial charge in [0.05, 0.1) is 6.10 Å². The summed E-state index contributed by atoms with van der Waals surface area (Å²) in [5, 5.41) is 24.5. The monoisotopic (exact) mass is 207 g/mol. The van der Waals surface area contributed by atoms with Gasteiger partial charge in [0.25, 0.3) is 0 Å². The highest BCUT2D eigenvalue weighted by Crippen LogP contribution is 1.85. The van der Waals surface area contributed by atoms with Gasteiger partial charge in [0.15, 0.2) is 0 Å². The van der Waals surface area contributed by atoms with Gasteiger partial charge in [0.2, 0.25) is 0 Å². The molecule has 0 amide bonds. The molecule has 0 unspecified atom stereocenters. The van der Waals surface area contributed by atoms with Crippen molar-refractivity contribution in [2.24, 2.45) is 5.73 Å². The highest BCUT2D eigenvalue weighted by molar-refractivity contribution is 5.73. The SMILES string of the molecule is CCCC(=O)O.C[C@@H](O)[C@H](N)C(=O)O. The second-order valence-electron chi connectivity index (χ2n) is 2.75. The van der Waals surface area contributed by atoms with Crippen molar-refractivity contribution in [3.63, 3.8) is 0 Å². The lowest BCUT2D eigenvalue weighted by atomic mass is 10.2. The number of aliphatic hydroxyl groups excluding tert-OH is 1. The molecule has 0 aromatic carbocycles. The zero-order valence-corrected chi connectivity index (χ0v) is 8.30. The molecule has 0 aromatic rings. The van der Waals surface area contributed by atoms with Gasteiger partial charge in [-0.25, -0.2) is 0 Å². The van der Waals surface area contributed by atoms with Crippen molar-refractivity contribution in [3.05, 3.63) is 0 Å². The molecule has 0 fully saturated rings. The van der Waals surface area contributed by atoms with Crippen LogP contribution in [0.3, 0.4) is 0 Å². The van der Waals surface area contributed by atoms with Crippen LogP contribution in [0.4, 0.5) is 0 Å². The topological polar surface area (TPSA) is 121 Å². The van der Waals surface area contributed by atoms with E-state index in [0.29, 0.717) is 6.42 Å². The molecule has 84 valence electrons. The van der Waals surface area contributed by atoms with Crippen LogP contribution in [0.2, 0.25) is 0 Å². The lowest BCUT2D eigenvalue weighted by molar-refractivity contribution is -0.141. The quantitative estimate of drug-likeness (QED) is 0.500. The third-order valence-corrected chi connectivity index (χ3v) is 1.27. The van der Waals surface area contributed by atoms with Crippen LogP contribution in [0.25, 0.3) is 0 Å². The van der Waals surface area contributed by atoms with E-state index in [1.807, 2.05) is 6.92 Å². The molecule has 0 rings (SSSR count). The first-order valence-electron chi connectivity index (χ1n) is 4.21. The molecule has 6 heteroatoms. The molecule has 0 aliphatic carbocycles. The van der Waals surface area contributed by atoms with E-state index < -0.39 is 24.1 Å². The lowest BCUT2D eigenvalue weighted by Crippen LogP contribution is -2.39. The first-order valence-corrected chi connectivity index (χ1v) is 4.21. The number of hydrogen-bond acceptors (Lipinski definition) is 4. The zero-order valence-electron chi connectivity index (χ0n) is 8.30. The molecule has 0 saturated carbocycles. The van der Waals surface area contributed by atoms with Crippen LogP contribution in [-0.2, 0) is 9.59 Å². The minimum absolute atomic E-state index is 0.292. The number of hydrogen-bond donors (Lipinski definition) is 4. The number of rotatable bonds is 4. The number of carboxylic acid groups (broad SMARTS) is 2. The van der Waals surface area contributed by atoms with Crippen LogP contribution in [0.15, 0.2) is 0 Å². The maximum Gasteiger partial charge on any atom is 0.323 e. The van der Waals surface area contributed by atoms with E-state index in [0.717, 1.165) is 6.42 Å². The molecule has 0 aliphatic rings. The molecule has 0 aromatic heterocycles. The van der Waals surface area contributed by atoms with Crippen molar-refractivity contribution >= 4 is 11.9 Å². The standard InChI is InChI=1S/C4H9NO3.C4H8O2/c1-2(6)3(5)4(7)8;1-2-3-4(5)6/h2-3,6H,5H2,1H3,(H,7,8);2-3H2,1H3,(H,5,6)/t2-,3+;/m1./s1. The van der Waals surface area contributed by atoms with Crippen LogP contribution in [0, 0.1) is 0 Å². The van der Waals surface area contributed by atoms with Gasteiger partial charge in [-0.05, 0) is 13.3 Å². The smallest absolute Gasteiger partial charge is 0.323 e. The van der Waals surface area contributed by atoms with Gasteiger partial charge in [-0.15, -0.1) is 0 Å². The van der Waals surface area contributed by atoms with Gasteiger partial charge >= 0.3 is 11.9 Å². The van der Waals surface area contributed by atoms with Crippen LogP contribution in [-0.4, -0.2) is 39.4 Å². The fourth-order valence-corrected chi connectivity index (χ4v) is 0.420. The van der Waals surface area contributed by atoms with E-state index >= 15 is 0 Å². The minimum Gasteiger partial charge on any atom is -0.481 e. The van der Waals surface area contributed by atoms with Crippen LogP contribution in [0.5, 0.6) is 0 Å². The van der Waals surface area contributed by atoms with Crippen LogP contribution < -0.4 is 5.73 Å². The van der Waals surface area contributed by atoms with Crippen molar-refractivity contribution in [2.45, 2.75) is 38.8 Å². The summed E-state index contributed by atoms with van der Waals surface area (Å²) in [6.45, 7) is 3.17. The number of carbonyl (C=O) groups is 2. The Kier molecular flexibility index (Phi) is 9.27. The summed E-state index contributed by atoms with van der Waals surface area (Å²) < 4.78 is 0. The molecule has 2 atom stereocenters. The summed E-state index contributed by atoms with van der Waals surface area (Å²) in [6.07, 6.45) is 0.0440. The second-order valence-corrected chi connectivity index (χ2v) is 2.75. The first-order chi connectivity index (χ1) is 6.32. The van der Waals surface area contributed by atoms with Crippen molar-refractivity contribution in [3.8, 4) is 0 Å². The molecule has 14 heavy (non-hydrogen) atoms. The number of carboxylic acids is 2. The Balaban J connectivity index is 0. The molecule has 6 nitrogen and oxygen atoms in total. The van der Waals surface area contributed by atoms with Crippen LogP contribution >= 0.6 is 0 Å². The Bertz CT molecular complexity index is 181. The number of aliphatic carboxylic acids is 2. The molecule has 0 saturated heterocycles. The molecule has 0 aliphatic heterocycles. The van der Waals surface area contributed by atoms with Gasteiger partial charge in [0, 0.05) is 6.42 Å². The maximum atomic E-state index is 9.86. The Labute approximate surface area is 82.3 Å². The normalized spacial score (nSPS) is 13.4. The van der Waals surface area contributed by atoms with Crippen LogP contribution in [0.1, 0.15) is 26.7 Å². The average molecular weight is 207 g/mol. The van der Waals surface area contributed by atoms with Crippen molar-refractivity contribution < 1.29 is 24.9 Å². The van der Waals surface area contributed by atoms with E-state index in [2.05, 4.69) is 0 Å². The zero-order chi connectivity index (χ0) is 11.7. The molecule has 0 heterocycles. The second kappa shape index (κ2) is 8.46. The molecule has 0 bridgehead atoms. The average Bonchev–Trinajstić information content (AvgIpc) is 2.03. The Morgan fingerprint density at radius 1 is 1.36 bits per heavy atom. The summed E-state index contributed by atoms with van der Waals surface area (Å²) in [5.74, 6) is -1.89. The van der Waals surface area contributed by atoms with Gasteiger partial charge in [-0.1, -0.05) is 6.92 Å². The summed E-state index contributed by atoms with van der Waals surface area (Å²) in [4.78, 5) is 19.5. The van der Waals surface area contributed by atoms with E-state index in [1.54, 1.807) is 0 Å². The lowest BCUT2D eigenvalue weighted by Gasteiger charge is -2.06. The third-order valence-electron chi connectivity index (χ3n) is 1.27. The van der Waals surface area contributed by atoms with E-state index in [4.69, 9.17) is 21.1 Å². The van der Waals surface area contributed by atoms with Gasteiger partial charge in [-0.2, -0.15) is 0 Å². The fraction of sp³-hybridized carbons (Fsp3) is 0.750. The van der Waals surface area contributed by atoms with E-state index in [1.165, 1.54) is 6.92 Å².